The van der Waals surface area contributed by atoms with Gasteiger partial charge in [-0.15, -0.1) is 0 Å². The molecular formula is C24H20F3N7O. The third-order valence-corrected chi connectivity index (χ3v) is 5.63. The zero-order valence-corrected chi connectivity index (χ0v) is 18.6. The number of anilines is 2. The zero-order valence-electron chi connectivity index (χ0n) is 18.6. The molecule has 1 aliphatic rings. The van der Waals surface area contributed by atoms with Gasteiger partial charge in [-0.05, 0) is 42.3 Å². The van der Waals surface area contributed by atoms with E-state index >= 15 is 0 Å². The van der Waals surface area contributed by atoms with Crippen LogP contribution in [0.2, 0.25) is 0 Å². The molecule has 5 rings (SSSR count). The number of pyridine rings is 1. The molecule has 3 aromatic heterocycles. The van der Waals surface area contributed by atoms with Crippen LogP contribution in [0.4, 0.5) is 24.8 Å². The molecule has 0 bridgehead atoms. The molecule has 1 aromatic carbocycles. The minimum absolute atomic E-state index is 0.155. The average molecular weight is 479 g/mol. The molecule has 0 spiro atoms. The Morgan fingerprint density at radius 2 is 1.86 bits per heavy atom. The van der Waals surface area contributed by atoms with Crippen LogP contribution in [0.25, 0.3) is 11.1 Å². The van der Waals surface area contributed by atoms with Gasteiger partial charge in [0.1, 0.15) is 17.2 Å². The highest BCUT2D eigenvalue weighted by molar-refractivity contribution is 5.92. The van der Waals surface area contributed by atoms with Crippen LogP contribution in [0.1, 0.15) is 27.6 Å². The third kappa shape index (κ3) is 4.84. The van der Waals surface area contributed by atoms with Crippen molar-refractivity contribution in [1.82, 2.24) is 29.4 Å². The Balaban J connectivity index is 1.34. The van der Waals surface area contributed by atoms with Gasteiger partial charge in [0.05, 0.1) is 6.54 Å². The molecule has 8 nitrogen and oxygen atoms in total. The maximum atomic E-state index is 13.0. The summed E-state index contributed by atoms with van der Waals surface area (Å²) in [5.41, 5.74) is 2.25. The van der Waals surface area contributed by atoms with Crippen molar-refractivity contribution < 1.29 is 18.0 Å². The molecule has 4 heterocycles. The number of benzene rings is 1. The Labute approximate surface area is 198 Å². The summed E-state index contributed by atoms with van der Waals surface area (Å²) in [4.78, 5) is 30.7. The number of hydrogen-bond donors (Lipinski definition) is 1. The van der Waals surface area contributed by atoms with Gasteiger partial charge in [-0.25, -0.2) is 15.0 Å². The zero-order chi connectivity index (χ0) is 24.6. The largest absolute Gasteiger partial charge is 0.433 e. The molecule has 1 N–H and O–H groups in total. The highest BCUT2D eigenvalue weighted by Gasteiger charge is 2.32. The van der Waals surface area contributed by atoms with Crippen molar-refractivity contribution >= 4 is 17.5 Å². The number of nitrogens with zero attached hydrogens (tertiary/aromatic N) is 6. The number of hydrogen-bond acceptors (Lipinski definition) is 6. The van der Waals surface area contributed by atoms with E-state index in [1.807, 2.05) is 23.8 Å². The number of carbonyl (C=O) groups is 1. The molecule has 0 aliphatic carbocycles. The van der Waals surface area contributed by atoms with Crippen LogP contribution in [-0.4, -0.2) is 41.9 Å². The molecule has 1 aliphatic heterocycles. The lowest BCUT2D eigenvalue weighted by molar-refractivity contribution is -0.141. The Hall–Kier alpha value is -4.28. The first kappa shape index (κ1) is 22.5. The molecule has 35 heavy (non-hydrogen) atoms. The van der Waals surface area contributed by atoms with Gasteiger partial charge in [0.2, 0.25) is 5.95 Å². The minimum atomic E-state index is -4.56. The molecule has 1 amide bonds. The Bertz CT molecular complexity index is 1380. The predicted molar refractivity (Wildman–Crippen MR) is 122 cm³/mol. The molecule has 0 fully saturated rings. The topological polar surface area (TPSA) is 88.8 Å². The van der Waals surface area contributed by atoms with Gasteiger partial charge in [0, 0.05) is 49.1 Å². The summed E-state index contributed by atoms with van der Waals surface area (Å²) in [5.74, 6) is 0.516. The summed E-state index contributed by atoms with van der Waals surface area (Å²) in [6.07, 6.45) is 1.73. The molecule has 0 atom stereocenters. The Kier molecular flexibility index (Phi) is 5.67. The first-order chi connectivity index (χ1) is 16.8. The van der Waals surface area contributed by atoms with Gasteiger partial charge in [0.25, 0.3) is 5.91 Å². The molecule has 0 saturated heterocycles. The molecule has 0 unspecified atom stereocenters. The van der Waals surface area contributed by atoms with Crippen LogP contribution in [0.5, 0.6) is 0 Å². The van der Waals surface area contributed by atoms with Gasteiger partial charge in [-0.1, -0.05) is 12.1 Å². The van der Waals surface area contributed by atoms with E-state index in [1.54, 1.807) is 41.6 Å². The Morgan fingerprint density at radius 3 is 2.63 bits per heavy atom. The standard InChI is InChI=1S/C24H20F3N7O/c1-15-10-17(12-18(11-15)31-23-29-5-4-20(32-23)24(25,26)27)16-2-3-19(30-13-16)22(35)34-9-8-33-7-6-28-21(33)14-34/h2-7,10-13H,8-9,14H2,1H3,(H,29,31,32). The number of halogens is 3. The quantitative estimate of drug-likeness (QED) is 0.465. The van der Waals surface area contributed by atoms with Crippen molar-refractivity contribution in [3.63, 3.8) is 0 Å². The number of nitrogens with one attached hydrogen (secondary N) is 1. The maximum Gasteiger partial charge on any atom is 0.433 e. The van der Waals surface area contributed by atoms with Crippen LogP contribution >= 0.6 is 0 Å². The van der Waals surface area contributed by atoms with Crippen molar-refractivity contribution in [2.24, 2.45) is 0 Å². The normalized spacial score (nSPS) is 13.4. The maximum absolute atomic E-state index is 13.0. The van der Waals surface area contributed by atoms with Gasteiger partial charge in [-0.2, -0.15) is 13.2 Å². The van der Waals surface area contributed by atoms with Crippen LogP contribution in [0.3, 0.4) is 0 Å². The fraction of sp³-hybridized carbons (Fsp3) is 0.208. The third-order valence-electron chi connectivity index (χ3n) is 5.63. The van der Waals surface area contributed by atoms with E-state index in [0.717, 1.165) is 34.8 Å². The summed E-state index contributed by atoms with van der Waals surface area (Å²) < 4.78 is 40.9. The van der Waals surface area contributed by atoms with Crippen molar-refractivity contribution in [3.8, 4) is 11.1 Å². The minimum Gasteiger partial charge on any atom is -0.332 e. The van der Waals surface area contributed by atoms with Crippen molar-refractivity contribution in [3.05, 3.63) is 84.0 Å². The first-order valence-corrected chi connectivity index (χ1v) is 10.8. The van der Waals surface area contributed by atoms with Crippen molar-refractivity contribution in [2.75, 3.05) is 11.9 Å². The van der Waals surface area contributed by atoms with Crippen molar-refractivity contribution in [1.29, 1.82) is 0 Å². The van der Waals surface area contributed by atoms with Gasteiger partial charge in [0.15, 0.2) is 0 Å². The summed E-state index contributed by atoms with van der Waals surface area (Å²) in [5, 5.41) is 2.83. The molecule has 178 valence electrons. The summed E-state index contributed by atoms with van der Waals surface area (Å²) in [7, 11) is 0. The van der Waals surface area contributed by atoms with E-state index < -0.39 is 11.9 Å². The van der Waals surface area contributed by atoms with E-state index in [4.69, 9.17) is 0 Å². The van der Waals surface area contributed by atoms with Gasteiger partial charge in [-0.3, -0.25) is 9.78 Å². The van der Waals surface area contributed by atoms with Crippen LogP contribution in [0, 0.1) is 6.92 Å². The predicted octanol–water partition coefficient (Wildman–Crippen LogP) is 4.46. The van der Waals surface area contributed by atoms with Crippen LogP contribution < -0.4 is 5.32 Å². The Morgan fingerprint density at radius 1 is 1.00 bits per heavy atom. The lowest BCUT2D eigenvalue weighted by Crippen LogP contribution is -2.38. The molecular weight excluding hydrogens is 459 g/mol. The molecule has 4 aromatic rings. The second kappa shape index (κ2) is 8.82. The van der Waals surface area contributed by atoms with E-state index in [1.165, 1.54) is 0 Å². The van der Waals surface area contributed by atoms with Crippen LogP contribution in [-0.2, 0) is 19.3 Å². The van der Waals surface area contributed by atoms with Crippen LogP contribution in [0.15, 0.2) is 61.2 Å². The number of rotatable bonds is 4. The molecule has 11 heteroatoms. The van der Waals surface area contributed by atoms with E-state index in [2.05, 4.69) is 25.3 Å². The number of fused-ring (bicyclic) bond motifs is 1. The number of aromatic nitrogens is 5. The summed E-state index contributed by atoms with van der Waals surface area (Å²) >= 11 is 0. The number of alkyl halides is 3. The number of aryl methyl sites for hydroxylation is 1. The number of imidazole rings is 1. The fourth-order valence-electron chi connectivity index (χ4n) is 3.93. The molecule has 0 saturated carbocycles. The highest BCUT2D eigenvalue weighted by Crippen LogP contribution is 2.29. The number of carbonyl (C=O) groups excluding carboxylic acids is 1. The summed E-state index contributed by atoms with van der Waals surface area (Å²) in [6.45, 7) is 3.57. The van der Waals surface area contributed by atoms with Crippen molar-refractivity contribution in [2.45, 2.75) is 26.2 Å². The lowest BCUT2D eigenvalue weighted by atomic mass is 10.0. The van der Waals surface area contributed by atoms with E-state index in [-0.39, 0.29) is 11.9 Å². The van der Waals surface area contributed by atoms with Gasteiger partial charge < -0.3 is 14.8 Å². The average Bonchev–Trinajstić information content (AvgIpc) is 3.31. The lowest BCUT2D eigenvalue weighted by Gasteiger charge is -2.27. The fourth-order valence-corrected chi connectivity index (χ4v) is 3.93. The summed E-state index contributed by atoms with van der Waals surface area (Å²) in [6, 6.07) is 9.74. The van der Waals surface area contributed by atoms with E-state index in [9.17, 15) is 18.0 Å². The van der Waals surface area contributed by atoms with E-state index in [0.29, 0.717) is 31.0 Å². The second-order valence-electron chi connectivity index (χ2n) is 8.17. The highest BCUT2D eigenvalue weighted by atomic mass is 19.4. The SMILES string of the molecule is Cc1cc(Nc2nccc(C(F)(F)F)n2)cc(-c2ccc(C(=O)N3CCn4ccnc4C3)nc2)c1. The first-order valence-electron chi connectivity index (χ1n) is 10.8. The smallest absolute Gasteiger partial charge is 0.332 e. The van der Waals surface area contributed by atoms with Gasteiger partial charge >= 0.3 is 6.18 Å². The molecule has 0 radical (unpaired) electrons. The second-order valence-corrected chi connectivity index (χ2v) is 8.17. The number of amides is 1. The monoisotopic (exact) mass is 479 g/mol.